The number of furan rings is 1. The van der Waals surface area contributed by atoms with E-state index in [0.29, 0.717) is 17.1 Å². The molecule has 0 spiro atoms. The van der Waals surface area contributed by atoms with Crippen LogP contribution in [0.5, 0.6) is 0 Å². The van der Waals surface area contributed by atoms with Crippen molar-refractivity contribution in [3.63, 3.8) is 0 Å². The van der Waals surface area contributed by atoms with Gasteiger partial charge in [0.2, 0.25) is 5.09 Å². The first-order valence-corrected chi connectivity index (χ1v) is 11.8. The van der Waals surface area contributed by atoms with E-state index < -0.39 is 10.0 Å². The molecular weight excluding hydrogens is 412 g/mol. The Labute approximate surface area is 181 Å². The Morgan fingerprint density at radius 3 is 2.65 bits per heavy atom. The van der Waals surface area contributed by atoms with E-state index in [2.05, 4.69) is 32.8 Å². The van der Waals surface area contributed by atoms with Crippen molar-refractivity contribution in [2.75, 3.05) is 22.7 Å². The van der Waals surface area contributed by atoms with Gasteiger partial charge < -0.3 is 13.9 Å². The van der Waals surface area contributed by atoms with Crippen molar-refractivity contribution >= 4 is 32.4 Å². The molecule has 7 nitrogen and oxygen atoms in total. The Bertz CT molecular complexity index is 1360. The van der Waals surface area contributed by atoms with E-state index in [1.165, 1.54) is 24.6 Å². The summed E-state index contributed by atoms with van der Waals surface area (Å²) >= 11 is 0. The molecular formula is C23H24N4O3S. The Kier molecular flexibility index (Phi) is 4.74. The summed E-state index contributed by atoms with van der Waals surface area (Å²) in [7, 11) is -1.94. The molecule has 1 aliphatic heterocycles. The average Bonchev–Trinajstić information content (AvgIpc) is 3.49. The van der Waals surface area contributed by atoms with Gasteiger partial charge in [-0.15, -0.1) is 0 Å². The van der Waals surface area contributed by atoms with Crippen LogP contribution in [0.1, 0.15) is 18.6 Å². The van der Waals surface area contributed by atoms with E-state index in [-0.39, 0.29) is 5.09 Å². The number of nitrogens with zero attached hydrogens (tertiary/aromatic N) is 3. The molecule has 0 atom stereocenters. The number of nitrogens with one attached hydrogen (secondary N) is 1. The lowest BCUT2D eigenvalue weighted by Crippen LogP contribution is -2.17. The summed E-state index contributed by atoms with van der Waals surface area (Å²) in [6.45, 7) is 3.84. The second-order valence-electron chi connectivity index (χ2n) is 7.93. The molecule has 31 heavy (non-hydrogen) atoms. The van der Waals surface area contributed by atoms with Gasteiger partial charge in [-0.1, -0.05) is 12.1 Å². The minimum absolute atomic E-state index is 0.108. The minimum Gasteiger partial charge on any atom is -0.448 e. The lowest BCUT2D eigenvalue weighted by molar-refractivity contribution is 0.430. The van der Waals surface area contributed by atoms with Crippen molar-refractivity contribution in [3.8, 4) is 11.1 Å². The number of aryl methyl sites for hydroxylation is 2. The molecule has 0 unspecified atom stereocenters. The van der Waals surface area contributed by atoms with Crippen molar-refractivity contribution in [2.45, 2.75) is 24.9 Å². The summed E-state index contributed by atoms with van der Waals surface area (Å²) in [5.74, 6) is 0.541. The van der Waals surface area contributed by atoms with Crippen molar-refractivity contribution in [1.29, 1.82) is 0 Å². The first-order chi connectivity index (χ1) is 14.9. The number of aromatic nitrogens is 2. The molecule has 0 radical (unpaired) electrons. The van der Waals surface area contributed by atoms with Gasteiger partial charge in [0, 0.05) is 43.8 Å². The number of sulfonamides is 1. The molecule has 0 bridgehead atoms. The monoisotopic (exact) mass is 436 g/mol. The Hall–Kier alpha value is -3.26. The first-order valence-electron chi connectivity index (χ1n) is 10.3. The van der Waals surface area contributed by atoms with E-state index in [1.807, 2.05) is 23.9 Å². The fourth-order valence-corrected chi connectivity index (χ4v) is 5.25. The summed E-state index contributed by atoms with van der Waals surface area (Å²) in [6.07, 6.45) is 6.02. The van der Waals surface area contributed by atoms with Gasteiger partial charge in [-0.2, -0.15) is 8.42 Å². The predicted molar refractivity (Wildman–Crippen MR) is 122 cm³/mol. The van der Waals surface area contributed by atoms with Gasteiger partial charge in [-0.3, -0.25) is 4.72 Å². The van der Waals surface area contributed by atoms with Gasteiger partial charge >= 0.3 is 0 Å². The van der Waals surface area contributed by atoms with Crippen molar-refractivity contribution in [2.24, 2.45) is 7.05 Å². The third kappa shape index (κ3) is 3.57. The highest BCUT2D eigenvalue weighted by Gasteiger charge is 2.22. The second-order valence-corrected chi connectivity index (χ2v) is 9.54. The highest BCUT2D eigenvalue weighted by atomic mass is 32.2. The predicted octanol–water partition coefficient (Wildman–Crippen LogP) is 4.54. The highest BCUT2D eigenvalue weighted by molar-refractivity contribution is 7.92. The molecule has 0 saturated carbocycles. The van der Waals surface area contributed by atoms with Gasteiger partial charge in [0.15, 0.2) is 0 Å². The molecule has 1 N–H and O–H groups in total. The summed E-state index contributed by atoms with van der Waals surface area (Å²) in [5.41, 5.74) is 4.32. The number of pyridine rings is 1. The Morgan fingerprint density at radius 1 is 1.10 bits per heavy atom. The maximum absolute atomic E-state index is 12.9. The normalized spacial score (nSPS) is 14.5. The minimum atomic E-state index is -3.86. The number of hydrogen-bond donors (Lipinski definition) is 1. The number of rotatable bonds is 5. The Balaban J connectivity index is 1.62. The van der Waals surface area contributed by atoms with E-state index in [4.69, 9.17) is 4.42 Å². The molecule has 3 aromatic heterocycles. The van der Waals surface area contributed by atoms with Crippen LogP contribution in [0.4, 0.5) is 11.4 Å². The number of hydrogen-bond acceptors (Lipinski definition) is 5. The largest absolute Gasteiger partial charge is 0.448 e. The van der Waals surface area contributed by atoms with Crippen LogP contribution in [0, 0.1) is 6.92 Å². The van der Waals surface area contributed by atoms with Crippen molar-refractivity contribution < 1.29 is 12.8 Å². The van der Waals surface area contributed by atoms with Gasteiger partial charge in [-0.25, -0.2) is 4.98 Å². The molecule has 0 amide bonds. The molecule has 1 aliphatic rings. The topological polar surface area (TPSA) is 80.4 Å². The van der Waals surface area contributed by atoms with E-state index in [9.17, 15) is 8.42 Å². The number of anilines is 2. The van der Waals surface area contributed by atoms with Crippen molar-refractivity contribution in [1.82, 2.24) is 9.55 Å². The summed E-state index contributed by atoms with van der Waals surface area (Å²) in [6, 6.07) is 13.2. The second kappa shape index (κ2) is 7.46. The van der Waals surface area contributed by atoms with Crippen LogP contribution in [0.2, 0.25) is 0 Å². The quantitative estimate of drug-likeness (QED) is 0.497. The maximum atomic E-state index is 12.9. The fourth-order valence-electron chi connectivity index (χ4n) is 4.20. The molecule has 0 aliphatic carbocycles. The van der Waals surface area contributed by atoms with Crippen molar-refractivity contribution in [3.05, 3.63) is 60.6 Å². The third-order valence-electron chi connectivity index (χ3n) is 5.71. The lowest BCUT2D eigenvalue weighted by Gasteiger charge is -2.18. The molecule has 4 aromatic rings. The maximum Gasteiger partial charge on any atom is 0.295 e. The fraction of sp³-hybridized carbons (Fsp3) is 0.261. The van der Waals surface area contributed by atoms with Gasteiger partial charge in [0.1, 0.15) is 11.4 Å². The van der Waals surface area contributed by atoms with Gasteiger partial charge in [0.25, 0.3) is 10.0 Å². The lowest BCUT2D eigenvalue weighted by atomic mass is 10.0. The zero-order chi connectivity index (χ0) is 21.6. The van der Waals surface area contributed by atoms with Gasteiger partial charge in [-0.05, 0) is 55.7 Å². The van der Waals surface area contributed by atoms with Crippen LogP contribution in [0.15, 0.2) is 64.4 Å². The van der Waals surface area contributed by atoms with Gasteiger partial charge in [0.05, 0.1) is 11.1 Å². The number of fused-ring (bicyclic) bond motifs is 1. The summed E-state index contributed by atoms with van der Waals surface area (Å²) in [4.78, 5) is 6.87. The molecule has 4 heterocycles. The Morgan fingerprint density at radius 2 is 1.90 bits per heavy atom. The standard InChI is InChI=1S/C23H24N4O3S/c1-16-8-9-21(30-16)31(28,29)25-20-10-11-24-23-22(20)19(15-26(23)2)17-6-5-7-18(14-17)27-12-3-4-13-27/h5-11,14-15H,3-4,12-13H2,1-2H3,(H,24,25). The average molecular weight is 437 g/mol. The van der Waals surface area contributed by atoms with Crippen LogP contribution in [0.3, 0.4) is 0 Å². The number of benzene rings is 1. The van der Waals surface area contributed by atoms with Crippen LogP contribution in [-0.2, 0) is 17.1 Å². The van der Waals surface area contributed by atoms with E-state index in [1.54, 1.807) is 25.3 Å². The van der Waals surface area contributed by atoms with Crippen LogP contribution < -0.4 is 9.62 Å². The molecule has 1 saturated heterocycles. The van der Waals surface area contributed by atoms with Crippen LogP contribution >= 0.6 is 0 Å². The highest BCUT2D eigenvalue weighted by Crippen LogP contribution is 2.37. The molecule has 5 rings (SSSR count). The third-order valence-corrected chi connectivity index (χ3v) is 6.95. The van der Waals surface area contributed by atoms with Crippen LogP contribution in [0.25, 0.3) is 22.2 Å². The molecule has 160 valence electrons. The molecule has 8 heteroatoms. The van der Waals surface area contributed by atoms with E-state index in [0.717, 1.165) is 29.6 Å². The summed E-state index contributed by atoms with van der Waals surface area (Å²) in [5, 5.41) is 0.652. The zero-order valence-electron chi connectivity index (χ0n) is 17.5. The molecule has 1 aromatic carbocycles. The summed E-state index contributed by atoms with van der Waals surface area (Å²) < 4.78 is 35.8. The zero-order valence-corrected chi connectivity index (χ0v) is 18.3. The smallest absolute Gasteiger partial charge is 0.295 e. The van der Waals surface area contributed by atoms with E-state index >= 15 is 0 Å². The SMILES string of the molecule is Cc1ccc(S(=O)(=O)Nc2ccnc3c2c(-c2cccc(N4CCCC4)c2)cn3C)o1. The first kappa shape index (κ1) is 19.7. The molecule has 1 fully saturated rings. The van der Waals surface area contributed by atoms with Crippen LogP contribution in [-0.4, -0.2) is 31.1 Å².